The van der Waals surface area contributed by atoms with E-state index in [9.17, 15) is 9.59 Å². The normalized spacial score (nSPS) is 12.1. The fraction of sp³-hybridized carbons (Fsp3) is 0.267. The van der Waals surface area contributed by atoms with E-state index in [0.717, 1.165) is 0 Å². The summed E-state index contributed by atoms with van der Waals surface area (Å²) in [6.45, 7) is 2.03. The van der Waals surface area contributed by atoms with Crippen molar-refractivity contribution in [2.45, 2.75) is 19.5 Å². The zero-order valence-electron chi connectivity index (χ0n) is 13.2. The molecule has 0 saturated heterocycles. The van der Waals surface area contributed by atoms with Crippen LogP contribution in [0.3, 0.4) is 0 Å². The molecule has 0 aliphatic rings. The summed E-state index contributed by atoms with van der Waals surface area (Å²) in [6.07, 6.45) is 1.66. The van der Waals surface area contributed by atoms with E-state index in [2.05, 4.69) is 20.8 Å². The Balaban J connectivity index is 1.69. The lowest BCUT2D eigenvalue weighted by atomic mass is 10.3. The van der Waals surface area contributed by atoms with Crippen LogP contribution in [0.1, 0.15) is 35.1 Å². The molecule has 3 rings (SSSR count). The number of furan rings is 1. The Hall–Kier alpha value is -3.23. The van der Waals surface area contributed by atoms with Crippen molar-refractivity contribution >= 4 is 5.91 Å². The number of nitrogens with zero attached hydrogens (tertiary/aromatic N) is 5. The number of rotatable bonds is 5. The van der Waals surface area contributed by atoms with Gasteiger partial charge in [0.25, 0.3) is 11.5 Å². The highest BCUT2D eigenvalue weighted by molar-refractivity contribution is 5.91. The van der Waals surface area contributed by atoms with Gasteiger partial charge in [0.1, 0.15) is 5.76 Å². The van der Waals surface area contributed by atoms with Gasteiger partial charge in [0, 0.05) is 19.3 Å². The molecule has 124 valence electrons. The summed E-state index contributed by atoms with van der Waals surface area (Å²) in [6, 6.07) is 7.76. The average molecular weight is 328 g/mol. The minimum Gasteiger partial charge on any atom is -0.454 e. The molecule has 0 spiro atoms. The number of aryl methyl sites for hydroxylation is 1. The first-order valence-electron chi connectivity index (χ1n) is 7.32. The van der Waals surface area contributed by atoms with Crippen molar-refractivity contribution in [1.82, 2.24) is 30.1 Å². The van der Waals surface area contributed by atoms with Gasteiger partial charge < -0.3 is 14.3 Å². The molecule has 0 fully saturated rings. The maximum Gasteiger partial charge on any atom is 0.287 e. The van der Waals surface area contributed by atoms with E-state index < -0.39 is 0 Å². The number of hydrogen-bond acceptors (Lipinski definition) is 6. The molecule has 3 aromatic rings. The van der Waals surface area contributed by atoms with Gasteiger partial charge in [-0.2, -0.15) is 0 Å². The number of amides is 1. The van der Waals surface area contributed by atoms with Gasteiger partial charge >= 0.3 is 0 Å². The van der Waals surface area contributed by atoms with Gasteiger partial charge in [-0.25, -0.2) is 4.68 Å². The molecule has 9 heteroatoms. The van der Waals surface area contributed by atoms with Crippen LogP contribution in [0.15, 0.2) is 45.7 Å². The summed E-state index contributed by atoms with van der Waals surface area (Å²) >= 11 is 0. The number of aromatic nitrogens is 5. The fourth-order valence-electron chi connectivity index (χ4n) is 2.28. The highest BCUT2D eigenvalue weighted by Crippen LogP contribution is 2.12. The number of carbonyl (C=O) groups excluding carboxylic acids is 1. The third-order valence-corrected chi connectivity index (χ3v) is 3.50. The smallest absolute Gasteiger partial charge is 0.287 e. The van der Waals surface area contributed by atoms with Gasteiger partial charge in [0.15, 0.2) is 11.6 Å². The van der Waals surface area contributed by atoms with E-state index in [1.165, 1.54) is 15.3 Å². The predicted octanol–water partition coefficient (Wildman–Crippen LogP) is 0.504. The summed E-state index contributed by atoms with van der Waals surface area (Å²) < 4.78 is 8.50. The molecule has 0 bridgehead atoms. The van der Waals surface area contributed by atoms with Crippen LogP contribution < -0.4 is 10.9 Å². The van der Waals surface area contributed by atoms with E-state index in [1.54, 1.807) is 44.4 Å². The topological polar surface area (TPSA) is 108 Å². The standard InChI is InChI=1S/C15H16N6O3/c1-10(14-17-18-19-20(14)2)16-15(23)12-7-6-11(24-12)9-21-8-4-3-5-13(21)22/h3-8,10H,9H2,1-2H3,(H,16,23)/t10-/m1/s1. The average Bonchev–Trinajstić information content (AvgIpc) is 3.18. The SMILES string of the molecule is C[C@@H](NC(=O)c1ccc(Cn2ccccc2=O)o1)c1nnnn1C. The monoisotopic (exact) mass is 328 g/mol. The van der Waals surface area contributed by atoms with E-state index in [-0.39, 0.29) is 29.8 Å². The third-order valence-electron chi connectivity index (χ3n) is 3.50. The zero-order valence-corrected chi connectivity index (χ0v) is 13.2. The number of pyridine rings is 1. The minimum absolute atomic E-state index is 0.136. The first-order chi connectivity index (χ1) is 11.5. The lowest BCUT2D eigenvalue weighted by Crippen LogP contribution is -2.28. The van der Waals surface area contributed by atoms with Gasteiger partial charge in [-0.05, 0) is 35.5 Å². The summed E-state index contributed by atoms with van der Waals surface area (Å²) in [5.41, 5.74) is -0.136. The van der Waals surface area contributed by atoms with Crippen molar-refractivity contribution in [1.29, 1.82) is 0 Å². The molecule has 3 aromatic heterocycles. The molecule has 24 heavy (non-hydrogen) atoms. The largest absolute Gasteiger partial charge is 0.454 e. The molecule has 0 radical (unpaired) electrons. The van der Waals surface area contributed by atoms with Gasteiger partial charge in [-0.1, -0.05) is 6.07 Å². The second-order valence-corrected chi connectivity index (χ2v) is 5.29. The Kier molecular flexibility index (Phi) is 4.23. The number of hydrogen-bond donors (Lipinski definition) is 1. The molecule has 0 aliphatic carbocycles. The Bertz CT molecular complexity index is 910. The summed E-state index contributed by atoms with van der Waals surface area (Å²) in [5.74, 6) is 0.834. The van der Waals surface area contributed by atoms with Crippen LogP contribution in [0.2, 0.25) is 0 Å². The molecule has 1 N–H and O–H groups in total. The number of nitrogens with one attached hydrogen (secondary N) is 1. The fourth-order valence-corrected chi connectivity index (χ4v) is 2.28. The Morgan fingerprint density at radius 2 is 2.17 bits per heavy atom. The summed E-state index contributed by atoms with van der Waals surface area (Å²) in [7, 11) is 1.70. The van der Waals surface area contributed by atoms with E-state index in [1.807, 2.05) is 0 Å². The molecule has 1 amide bonds. The van der Waals surface area contributed by atoms with Gasteiger partial charge in [-0.3, -0.25) is 9.59 Å². The molecule has 3 heterocycles. The molecule has 1 atom stereocenters. The lowest BCUT2D eigenvalue weighted by Gasteiger charge is -2.10. The van der Waals surface area contributed by atoms with E-state index in [4.69, 9.17) is 4.42 Å². The third kappa shape index (κ3) is 3.24. The van der Waals surface area contributed by atoms with Gasteiger partial charge in [0.05, 0.1) is 12.6 Å². The van der Waals surface area contributed by atoms with Crippen molar-refractivity contribution in [2.24, 2.45) is 7.05 Å². The quantitative estimate of drug-likeness (QED) is 0.731. The first kappa shape index (κ1) is 15.7. The highest BCUT2D eigenvalue weighted by atomic mass is 16.4. The maximum atomic E-state index is 12.2. The predicted molar refractivity (Wildman–Crippen MR) is 83.2 cm³/mol. The minimum atomic E-state index is -0.378. The van der Waals surface area contributed by atoms with Gasteiger partial charge in [-0.15, -0.1) is 5.10 Å². The van der Waals surface area contributed by atoms with Crippen LogP contribution in [-0.4, -0.2) is 30.7 Å². The Morgan fingerprint density at radius 1 is 1.33 bits per heavy atom. The molecular weight excluding hydrogens is 312 g/mol. The lowest BCUT2D eigenvalue weighted by molar-refractivity contribution is 0.0907. The molecule has 0 aromatic carbocycles. The number of carbonyl (C=O) groups is 1. The summed E-state index contributed by atoms with van der Waals surface area (Å²) in [5, 5.41) is 13.9. The van der Waals surface area contributed by atoms with Crippen molar-refractivity contribution in [3.05, 3.63) is 64.2 Å². The first-order valence-corrected chi connectivity index (χ1v) is 7.32. The van der Waals surface area contributed by atoms with Crippen molar-refractivity contribution < 1.29 is 9.21 Å². The van der Waals surface area contributed by atoms with Crippen molar-refractivity contribution in [3.8, 4) is 0 Å². The molecule has 0 unspecified atom stereocenters. The summed E-state index contributed by atoms with van der Waals surface area (Å²) in [4.78, 5) is 23.9. The van der Waals surface area contributed by atoms with E-state index >= 15 is 0 Å². The molecule has 9 nitrogen and oxygen atoms in total. The Morgan fingerprint density at radius 3 is 2.88 bits per heavy atom. The Labute approximate surface area is 136 Å². The number of tetrazole rings is 1. The molecule has 0 saturated carbocycles. The van der Waals surface area contributed by atoms with Crippen LogP contribution in [0, 0.1) is 0 Å². The van der Waals surface area contributed by atoms with E-state index in [0.29, 0.717) is 11.6 Å². The van der Waals surface area contributed by atoms with Crippen LogP contribution in [-0.2, 0) is 13.6 Å². The van der Waals surface area contributed by atoms with Crippen LogP contribution in [0.25, 0.3) is 0 Å². The van der Waals surface area contributed by atoms with Gasteiger partial charge in [0.2, 0.25) is 0 Å². The van der Waals surface area contributed by atoms with Crippen molar-refractivity contribution in [3.63, 3.8) is 0 Å². The highest BCUT2D eigenvalue weighted by Gasteiger charge is 2.18. The van der Waals surface area contributed by atoms with Crippen LogP contribution >= 0.6 is 0 Å². The molecular formula is C15H16N6O3. The zero-order chi connectivity index (χ0) is 17.1. The molecule has 0 aliphatic heterocycles. The second-order valence-electron chi connectivity index (χ2n) is 5.29. The van der Waals surface area contributed by atoms with Crippen molar-refractivity contribution in [2.75, 3.05) is 0 Å². The van der Waals surface area contributed by atoms with Crippen LogP contribution in [0.5, 0.6) is 0 Å². The van der Waals surface area contributed by atoms with Crippen LogP contribution in [0.4, 0.5) is 0 Å². The maximum absolute atomic E-state index is 12.2. The second kappa shape index (κ2) is 6.49.